The number of nitrogens with two attached hydrogens (primary N) is 1. The summed E-state index contributed by atoms with van der Waals surface area (Å²) < 4.78 is 6.01. The monoisotopic (exact) mass is 507 g/mol. The average molecular weight is 508 g/mol. The van der Waals surface area contributed by atoms with E-state index in [-0.39, 0.29) is 17.9 Å². The van der Waals surface area contributed by atoms with E-state index in [1.807, 2.05) is 60.7 Å². The predicted molar refractivity (Wildman–Crippen MR) is 146 cm³/mol. The summed E-state index contributed by atoms with van der Waals surface area (Å²) in [6.07, 6.45) is 3.89. The number of ether oxygens (including phenoxy) is 1. The number of benzene rings is 2. The Labute approximate surface area is 221 Å². The molecule has 2 bridgehead atoms. The lowest BCUT2D eigenvalue weighted by molar-refractivity contribution is 0.0617. The number of rotatable bonds is 7. The van der Waals surface area contributed by atoms with Gasteiger partial charge in [-0.1, -0.05) is 30.3 Å². The van der Waals surface area contributed by atoms with Crippen molar-refractivity contribution in [2.45, 2.75) is 18.9 Å². The largest absolute Gasteiger partial charge is 0.457 e. The zero-order valence-electron chi connectivity index (χ0n) is 20.9. The first-order valence-corrected chi connectivity index (χ1v) is 12.8. The molecule has 4 aromatic rings. The van der Waals surface area contributed by atoms with Crippen LogP contribution in [-0.4, -0.2) is 51.4 Å². The zero-order valence-corrected chi connectivity index (χ0v) is 20.9. The van der Waals surface area contributed by atoms with Gasteiger partial charge in [0, 0.05) is 42.2 Å². The quantitative estimate of drug-likeness (QED) is 0.335. The van der Waals surface area contributed by atoms with Crippen LogP contribution in [-0.2, 0) is 0 Å². The predicted octanol–water partition coefficient (Wildman–Crippen LogP) is 4.48. The molecule has 3 fully saturated rings. The summed E-state index contributed by atoms with van der Waals surface area (Å²) >= 11 is 0. The lowest BCUT2D eigenvalue weighted by Crippen LogP contribution is -2.57. The minimum Gasteiger partial charge on any atom is -0.457 e. The SMILES string of the molecule is Nc1nc(Nc2ccc(Oc3ccnc(C(=O)NC4CN5CCC4CC5)c3)cc2)cc(-c2ccccc2)n1. The van der Waals surface area contributed by atoms with Gasteiger partial charge in [0.2, 0.25) is 5.95 Å². The van der Waals surface area contributed by atoms with Crippen molar-refractivity contribution in [1.29, 1.82) is 0 Å². The van der Waals surface area contributed by atoms with E-state index in [4.69, 9.17) is 10.5 Å². The van der Waals surface area contributed by atoms with Crippen molar-refractivity contribution >= 4 is 23.4 Å². The summed E-state index contributed by atoms with van der Waals surface area (Å²) in [7, 11) is 0. The van der Waals surface area contributed by atoms with Gasteiger partial charge in [-0.2, -0.15) is 4.98 Å². The fraction of sp³-hybridized carbons (Fsp3) is 0.241. The topological polar surface area (TPSA) is 118 Å². The lowest BCUT2D eigenvalue weighted by Gasteiger charge is -2.44. The standard InChI is InChI=1S/C29H29N7O2/c30-29-34-24(19-4-2-1-3-5-19)17-27(35-29)32-21-6-8-22(9-7-21)38-23-10-13-31-25(16-23)28(37)33-26-18-36-14-11-20(26)12-15-36/h1-10,13,16-17,20,26H,11-12,14-15,18H2,(H,33,37)(H3,30,32,34,35). The molecule has 7 rings (SSSR count). The number of amides is 1. The second kappa shape index (κ2) is 10.5. The molecule has 9 nitrogen and oxygen atoms in total. The second-order valence-corrected chi connectivity index (χ2v) is 9.71. The highest BCUT2D eigenvalue weighted by Gasteiger charge is 2.35. The number of fused-ring (bicyclic) bond motifs is 3. The van der Waals surface area contributed by atoms with Gasteiger partial charge in [0.05, 0.1) is 5.69 Å². The molecular weight excluding hydrogens is 478 g/mol. The van der Waals surface area contributed by atoms with Crippen LogP contribution >= 0.6 is 0 Å². The molecule has 0 radical (unpaired) electrons. The minimum absolute atomic E-state index is 0.159. The first-order chi connectivity index (χ1) is 18.6. The van der Waals surface area contributed by atoms with E-state index in [0.717, 1.165) is 49.4 Å². The molecular formula is C29H29N7O2. The zero-order chi connectivity index (χ0) is 25.9. The highest BCUT2D eigenvalue weighted by atomic mass is 16.5. The molecule has 2 aromatic heterocycles. The maximum atomic E-state index is 12.9. The van der Waals surface area contributed by atoms with E-state index in [9.17, 15) is 4.79 Å². The molecule has 0 spiro atoms. The minimum atomic E-state index is -0.159. The number of pyridine rings is 1. The maximum absolute atomic E-state index is 12.9. The summed E-state index contributed by atoms with van der Waals surface area (Å²) in [5.74, 6) is 2.37. The molecule has 5 heterocycles. The van der Waals surface area contributed by atoms with Crippen molar-refractivity contribution in [2.75, 3.05) is 30.7 Å². The summed E-state index contributed by atoms with van der Waals surface area (Å²) in [4.78, 5) is 28.2. The normalized spacial score (nSPS) is 20.1. The van der Waals surface area contributed by atoms with Crippen molar-refractivity contribution < 1.29 is 9.53 Å². The Morgan fingerprint density at radius 3 is 2.47 bits per heavy atom. The Bertz CT molecular complexity index is 1420. The Morgan fingerprint density at radius 2 is 1.74 bits per heavy atom. The molecule has 1 atom stereocenters. The fourth-order valence-electron chi connectivity index (χ4n) is 5.15. The van der Waals surface area contributed by atoms with Gasteiger partial charge in [-0.15, -0.1) is 0 Å². The number of piperidine rings is 3. The Balaban J connectivity index is 1.10. The summed E-state index contributed by atoms with van der Waals surface area (Å²) in [6, 6.07) is 22.7. The molecule has 1 unspecified atom stereocenters. The first kappa shape index (κ1) is 23.9. The number of anilines is 3. The molecule has 0 aliphatic carbocycles. The third kappa shape index (κ3) is 5.42. The highest BCUT2D eigenvalue weighted by Crippen LogP contribution is 2.29. The van der Waals surface area contributed by atoms with Gasteiger partial charge < -0.3 is 26.0 Å². The van der Waals surface area contributed by atoms with Crippen molar-refractivity contribution in [2.24, 2.45) is 5.92 Å². The third-order valence-corrected chi connectivity index (χ3v) is 7.11. The number of nitrogens with one attached hydrogen (secondary N) is 2. The van der Waals surface area contributed by atoms with Crippen molar-refractivity contribution in [1.82, 2.24) is 25.2 Å². The van der Waals surface area contributed by atoms with Gasteiger partial charge in [0.25, 0.3) is 5.91 Å². The van der Waals surface area contributed by atoms with Gasteiger partial charge in [0.1, 0.15) is 23.0 Å². The maximum Gasteiger partial charge on any atom is 0.270 e. The van der Waals surface area contributed by atoms with Crippen LogP contribution in [0.15, 0.2) is 79.0 Å². The van der Waals surface area contributed by atoms with Gasteiger partial charge in [-0.3, -0.25) is 9.78 Å². The molecule has 4 N–H and O–H groups in total. The highest BCUT2D eigenvalue weighted by molar-refractivity contribution is 5.92. The molecule has 38 heavy (non-hydrogen) atoms. The number of nitrogens with zero attached hydrogens (tertiary/aromatic N) is 4. The molecule has 2 aromatic carbocycles. The van der Waals surface area contributed by atoms with Crippen LogP contribution in [0.4, 0.5) is 17.5 Å². The van der Waals surface area contributed by atoms with Gasteiger partial charge in [-0.05, 0) is 62.2 Å². The number of nitrogen functional groups attached to an aromatic ring is 1. The van der Waals surface area contributed by atoms with Crippen molar-refractivity contribution in [3.8, 4) is 22.8 Å². The second-order valence-electron chi connectivity index (χ2n) is 9.71. The first-order valence-electron chi connectivity index (χ1n) is 12.8. The molecule has 0 saturated carbocycles. The molecule has 9 heteroatoms. The molecule has 3 aliphatic rings. The van der Waals surface area contributed by atoms with E-state index in [1.54, 1.807) is 18.3 Å². The number of hydrogen-bond acceptors (Lipinski definition) is 8. The van der Waals surface area contributed by atoms with Gasteiger partial charge in [-0.25, -0.2) is 4.98 Å². The summed E-state index contributed by atoms with van der Waals surface area (Å²) in [5, 5.41) is 6.45. The Hall–Kier alpha value is -4.50. The number of aromatic nitrogens is 3. The number of carbonyl (C=O) groups is 1. The van der Waals surface area contributed by atoms with Crippen LogP contribution in [0.25, 0.3) is 11.3 Å². The summed E-state index contributed by atoms with van der Waals surface area (Å²) in [5.41, 5.74) is 8.82. The van der Waals surface area contributed by atoms with E-state index in [0.29, 0.717) is 28.9 Å². The van der Waals surface area contributed by atoms with Crippen LogP contribution in [0.5, 0.6) is 11.5 Å². The van der Waals surface area contributed by atoms with Crippen LogP contribution in [0.3, 0.4) is 0 Å². The lowest BCUT2D eigenvalue weighted by atomic mass is 9.84. The third-order valence-electron chi connectivity index (χ3n) is 7.11. The van der Waals surface area contributed by atoms with E-state index < -0.39 is 0 Å². The Morgan fingerprint density at radius 1 is 0.947 bits per heavy atom. The van der Waals surface area contributed by atoms with Gasteiger partial charge >= 0.3 is 0 Å². The van der Waals surface area contributed by atoms with Crippen LogP contribution in [0, 0.1) is 5.92 Å². The molecule has 3 saturated heterocycles. The van der Waals surface area contributed by atoms with E-state index in [1.165, 1.54) is 0 Å². The Kier molecular flexibility index (Phi) is 6.58. The average Bonchev–Trinajstić information content (AvgIpc) is 2.95. The number of hydrogen-bond donors (Lipinski definition) is 3. The van der Waals surface area contributed by atoms with Crippen LogP contribution < -0.4 is 21.1 Å². The van der Waals surface area contributed by atoms with Crippen LogP contribution in [0.1, 0.15) is 23.3 Å². The molecule has 3 aliphatic heterocycles. The van der Waals surface area contributed by atoms with E-state index in [2.05, 4.69) is 30.5 Å². The fourth-order valence-corrected chi connectivity index (χ4v) is 5.15. The van der Waals surface area contributed by atoms with Crippen molar-refractivity contribution in [3.63, 3.8) is 0 Å². The number of carbonyl (C=O) groups excluding carboxylic acids is 1. The molecule has 192 valence electrons. The summed E-state index contributed by atoms with van der Waals surface area (Å²) in [6.45, 7) is 3.19. The van der Waals surface area contributed by atoms with Crippen LogP contribution in [0.2, 0.25) is 0 Å². The molecule has 1 amide bonds. The smallest absolute Gasteiger partial charge is 0.270 e. The van der Waals surface area contributed by atoms with Gasteiger partial charge in [0.15, 0.2) is 0 Å². The van der Waals surface area contributed by atoms with E-state index >= 15 is 0 Å². The van der Waals surface area contributed by atoms with Crippen molar-refractivity contribution in [3.05, 3.63) is 84.7 Å².